The standard InChI is InChI=1S/C20H34N4O/c1-5-21-20(23-18-14-16(18)4)22-15-17-10-8-9-11-19(17)25-13-12-24(6-2)7-3/h8-11,16,18H,5-7,12-15H2,1-4H3,(H2,21,22,23). The summed E-state index contributed by atoms with van der Waals surface area (Å²) < 4.78 is 6.02. The molecule has 0 saturated heterocycles. The second-order valence-electron chi connectivity index (χ2n) is 6.64. The average molecular weight is 347 g/mol. The van der Waals surface area contributed by atoms with Crippen LogP contribution in [0.2, 0.25) is 0 Å². The number of benzene rings is 1. The van der Waals surface area contributed by atoms with Crippen molar-refractivity contribution in [1.82, 2.24) is 15.5 Å². The van der Waals surface area contributed by atoms with Crippen molar-refractivity contribution in [2.24, 2.45) is 10.9 Å². The molecule has 2 rings (SSSR count). The first-order valence-corrected chi connectivity index (χ1v) is 9.65. The van der Waals surface area contributed by atoms with Crippen LogP contribution >= 0.6 is 0 Å². The number of guanidine groups is 1. The molecule has 1 aliphatic carbocycles. The van der Waals surface area contributed by atoms with E-state index in [9.17, 15) is 0 Å². The van der Waals surface area contributed by atoms with E-state index >= 15 is 0 Å². The Bertz CT molecular complexity index is 542. The number of rotatable bonds is 10. The van der Waals surface area contributed by atoms with Crippen molar-refractivity contribution in [3.8, 4) is 5.75 Å². The molecule has 5 nitrogen and oxygen atoms in total. The van der Waals surface area contributed by atoms with E-state index in [0.29, 0.717) is 19.2 Å². The molecular formula is C20H34N4O. The zero-order valence-corrected chi connectivity index (χ0v) is 16.2. The molecule has 1 fully saturated rings. The van der Waals surface area contributed by atoms with Gasteiger partial charge in [-0.3, -0.25) is 0 Å². The molecule has 2 atom stereocenters. The van der Waals surface area contributed by atoms with Gasteiger partial charge in [0.25, 0.3) is 0 Å². The number of aliphatic imine (C=N–C) groups is 1. The highest BCUT2D eigenvalue weighted by atomic mass is 16.5. The highest BCUT2D eigenvalue weighted by Crippen LogP contribution is 2.28. The third-order valence-corrected chi connectivity index (χ3v) is 4.72. The van der Waals surface area contributed by atoms with E-state index < -0.39 is 0 Å². The predicted molar refractivity (Wildman–Crippen MR) is 105 cm³/mol. The van der Waals surface area contributed by atoms with Gasteiger partial charge in [0.05, 0.1) is 6.54 Å². The molecule has 2 N–H and O–H groups in total. The van der Waals surface area contributed by atoms with Gasteiger partial charge in [-0.15, -0.1) is 0 Å². The SMILES string of the molecule is CCNC(=NCc1ccccc1OCCN(CC)CC)NC1CC1C. The number of hydrogen-bond donors (Lipinski definition) is 2. The molecule has 2 unspecified atom stereocenters. The van der Waals surface area contributed by atoms with Crippen LogP contribution in [0, 0.1) is 5.92 Å². The molecule has 140 valence electrons. The molecule has 0 heterocycles. The summed E-state index contributed by atoms with van der Waals surface area (Å²) in [6, 6.07) is 8.77. The van der Waals surface area contributed by atoms with Crippen molar-refractivity contribution in [2.45, 2.75) is 46.7 Å². The van der Waals surface area contributed by atoms with E-state index in [1.165, 1.54) is 6.42 Å². The van der Waals surface area contributed by atoms with Gasteiger partial charge in [-0.25, -0.2) is 4.99 Å². The first-order valence-electron chi connectivity index (χ1n) is 9.65. The fraction of sp³-hybridized carbons (Fsp3) is 0.650. The molecule has 0 spiro atoms. The summed E-state index contributed by atoms with van der Waals surface area (Å²) in [5.41, 5.74) is 1.13. The molecule has 1 aromatic carbocycles. The van der Waals surface area contributed by atoms with Gasteiger partial charge in [-0.1, -0.05) is 39.0 Å². The summed E-state index contributed by atoms with van der Waals surface area (Å²) in [7, 11) is 0. The lowest BCUT2D eigenvalue weighted by Gasteiger charge is -2.19. The van der Waals surface area contributed by atoms with Gasteiger partial charge < -0.3 is 20.3 Å². The number of nitrogens with one attached hydrogen (secondary N) is 2. The Morgan fingerprint density at radius 3 is 2.60 bits per heavy atom. The van der Waals surface area contributed by atoms with Crippen molar-refractivity contribution in [1.29, 1.82) is 0 Å². The highest BCUT2D eigenvalue weighted by molar-refractivity contribution is 5.80. The summed E-state index contributed by atoms with van der Waals surface area (Å²) >= 11 is 0. The third kappa shape index (κ3) is 6.58. The molecule has 0 amide bonds. The van der Waals surface area contributed by atoms with Gasteiger partial charge >= 0.3 is 0 Å². The summed E-state index contributed by atoms with van der Waals surface area (Å²) in [6.07, 6.45) is 1.23. The van der Waals surface area contributed by atoms with Gasteiger partial charge in [-0.05, 0) is 38.4 Å². The fourth-order valence-electron chi connectivity index (χ4n) is 2.78. The first-order chi connectivity index (χ1) is 12.2. The maximum atomic E-state index is 6.02. The van der Waals surface area contributed by atoms with E-state index in [1.54, 1.807) is 0 Å². The smallest absolute Gasteiger partial charge is 0.191 e. The van der Waals surface area contributed by atoms with Crippen molar-refractivity contribution >= 4 is 5.96 Å². The molecule has 0 aliphatic heterocycles. The predicted octanol–water partition coefficient (Wildman–Crippen LogP) is 2.87. The van der Waals surface area contributed by atoms with Crippen LogP contribution in [0.15, 0.2) is 29.3 Å². The quantitative estimate of drug-likeness (QED) is 0.505. The van der Waals surface area contributed by atoms with Crippen molar-refractivity contribution in [3.05, 3.63) is 29.8 Å². The number of para-hydroxylation sites is 1. The van der Waals surface area contributed by atoms with Gasteiger partial charge in [0.2, 0.25) is 0 Å². The highest BCUT2D eigenvalue weighted by Gasteiger charge is 2.33. The van der Waals surface area contributed by atoms with Crippen LogP contribution in [0.5, 0.6) is 5.75 Å². The minimum absolute atomic E-state index is 0.568. The van der Waals surface area contributed by atoms with E-state index in [-0.39, 0.29) is 0 Å². The van der Waals surface area contributed by atoms with Crippen LogP contribution in [-0.2, 0) is 6.54 Å². The number of likely N-dealkylation sites (N-methyl/N-ethyl adjacent to an activating group) is 1. The van der Waals surface area contributed by atoms with E-state index in [2.05, 4.69) is 49.3 Å². The first kappa shape index (κ1) is 19.6. The molecule has 5 heteroatoms. The number of hydrogen-bond acceptors (Lipinski definition) is 3. The molecular weight excluding hydrogens is 312 g/mol. The van der Waals surface area contributed by atoms with Crippen LogP contribution in [0.1, 0.15) is 39.7 Å². The molecule has 0 aromatic heterocycles. The van der Waals surface area contributed by atoms with E-state index in [4.69, 9.17) is 9.73 Å². The molecule has 1 aromatic rings. The van der Waals surface area contributed by atoms with Gasteiger partial charge in [0, 0.05) is 24.7 Å². The van der Waals surface area contributed by atoms with E-state index in [1.807, 2.05) is 18.2 Å². The largest absolute Gasteiger partial charge is 0.492 e. The molecule has 0 bridgehead atoms. The van der Waals surface area contributed by atoms with Crippen LogP contribution in [0.3, 0.4) is 0 Å². The van der Waals surface area contributed by atoms with Crippen LogP contribution in [0.25, 0.3) is 0 Å². The fourth-order valence-corrected chi connectivity index (χ4v) is 2.78. The Morgan fingerprint density at radius 2 is 1.96 bits per heavy atom. The zero-order chi connectivity index (χ0) is 18.1. The lowest BCUT2D eigenvalue weighted by Crippen LogP contribution is -2.39. The van der Waals surface area contributed by atoms with Gasteiger partial charge in [0.15, 0.2) is 5.96 Å². The van der Waals surface area contributed by atoms with Crippen LogP contribution in [0.4, 0.5) is 0 Å². The zero-order valence-electron chi connectivity index (χ0n) is 16.2. The maximum absolute atomic E-state index is 6.02. The number of ether oxygens (including phenoxy) is 1. The topological polar surface area (TPSA) is 48.9 Å². The number of nitrogens with zero attached hydrogens (tertiary/aromatic N) is 2. The Labute approximate surface area is 152 Å². The van der Waals surface area contributed by atoms with Crippen molar-refractivity contribution < 1.29 is 4.74 Å². The Balaban J connectivity index is 1.92. The molecule has 0 radical (unpaired) electrons. The monoisotopic (exact) mass is 346 g/mol. The molecule has 25 heavy (non-hydrogen) atoms. The van der Waals surface area contributed by atoms with Gasteiger partial charge in [-0.2, -0.15) is 0 Å². The summed E-state index contributed by atoms with van der Waals surface area (Å²) in [5.74, 6) is 2.59. The van der Waals surface area contributed by atoms with Gasteiger partial charge in [0.1, 0.15) is 12.4 Å². The lowest BCUT2D eigenvalue weighted by molar-refractivity contribution is 0.221. The third-order valence-electron chi connectivity index (χ3n) is 4.72. The average Bonchev–Trinajstić information content (AvgIpc) is 3.32. The minimum Gasteiger partial charge on any atom is -0.492 e. The second-order valence-corrected chi connectivity index (χ2v) is 6.64. The Morgan fingerprint density at radius 1 is 1.24 bits per heavy atom. The molecule has 1 saturated carbocycles. The summed E-state index contributed by atoms with van der Waals surface area (Å²) in [4.78, 5) is 7.10. The maximum Gasteiger partial charge on any atom is 0.191 e. The molecule has 1 aliphatic rings. The summed E-state index contributed by atoms with van der Waals surface area (Å²) in [5, 5.41) is 6.82. The van der Waals surface area contributed by atoms with Crippen molar-refractivity contribution in [2.75, 3.05) is 32.8 Å². The van der Waals surface area contributed by atoms with Crippen LogP contribution in [-0.4, -0.2) is 49.7 Å². The minimum atomic E-state index is 0.568. The van der Waals surface area contributed by atoms with E-state index in [0.717, 1.165) is 49.4 Å². The van der Waals surface area contributed by atoms with Crippen LogP contribution < -0.4 is 15.4 Å². The Hall–Kier alpha value is -1.75. The Kier molecular flexibility index (Phi) is 8.06. The second kappa shape index (κ2) is 10.3. The van der Waals surface area contributed by atoms with Crippen molar-refractivity contribution in [3.63, 3.8) is 0 Å². The normalized spacial score (nSPS) is 19.8. The summed E-state index contributed by atoms with van der Waals surface area (Å²) in [6.45, 7) is 14.0. The lowest BCUT2D eigenvalue weighted by atomic mass is 10.2.